The minimum absolute atomic E-state index is 0.0224. The van der Waals surface area contributed by atoms with Crippen molar-refractivity contribution < 1.29 is 19.4 Å². The van der Waals surface area contributed by atoms with Gasteiger partial charge >= 0.3 is 6.09 Å². The molecule has 0 bridgehead atoms. The van der Waals surface area contributed by atoms with Gasteiger partial charge in [-0.1, -0.05) is 6.92 Å². The highest BCUT2D eigenvalue weighted by Gasteiger charge is 2.19. The lowest BCUT2D eigenvalue weighted by Gasteiger charge is -2.24. The second-order valence-corrected chi connectivity index (χ2v) is 4.01. The number of carbonyl (C=O) groups is 2. The van der Waals surface area contributed by atoms with Crippen molar-refractivity contribution in [2.75, 3.05) is 39.9 Å². The fourth-order valence-electron chi connectivity index (χ4n) is 1.44. The van der Waals surface area contributed by atoms with Crippen LogP contribution in [0.25, 0.3) is 0 Å². The van der Waals surface area contributed by atoms with Crippen LogP contribution >= 0.6 is 0 Å². The number of carbonyl (C=O) groups excluding carboxylic acids is 2. The van der Waals surface area contributed by atoms with Crippen LogP contribution in [0.5, 0.6) is 0 Å². The molecule has 0 saturated heterocycles. The third kappa shape index (κ3) is 6.44. The number of nitrogens with zero attached hydrogens (tertiary/aromatic N) is 2. The van der Waals surface area contributed by atoms with E-state index >= 15 is 0 Å². The second kappa shape index (κ2) is 9.70. The molecule has 0 aliphatic rings. The molecule has 0 aromatic rings. The maximum Gasteiger partial charge on any atom is 0.410 e. The largest absolute Gasteiger partial charge is 0.450 e. The van der Waals surface area contributed by atoms with Crippen molar-refractivity contribution in [2.24, 2.45) is 0 Å². The first kappa shape index (κ1) is 16.7. The molecule has 0 saturated carbocycles. The molecule has 0 aliphatic heterocycles. The fourth-order valence-corrected chi connectivity index (χ4v) is 1.44. The summed E-state index contributed by atoms with van der Waals surface area (Å²) in [5.74, 6) is -0.148. The maximum atomic E-state index is 11.8. The Morgan fingerprint density at radius 3 is 2.39 bits per heavy atom. The normalized spacial score (nSPS) is 10.0. The monoisotopic (exact) mass is 260 g/mol. The third-order valence-electron chi connectivity index (χ3n) is 2.42. The van der Waals surface area contributed by atoms with Crippen molar-refractivity contribution in [1.29, 1.82) is 0 Å². The minimum Gasteiger partial charge on any atom is -0.450 e. The average molecular weight is 260 g/mol. The first-order valence-electron chi connectivity index (χ1n) is 6.33. The second-order valence-electron chi connectivity index (χ2n) is 4.01. The van der Waals surface area contributed by atoms with Crippen LogP contribution in [0.4, 0.5) is 4.79 Å². The van der Waals surface area contributed by atoms with E-state index in [1.807, 2.05) is 6.92 Å². The van der Waals surface area contributed by atoms with Gasteiger partial charge in [0.15, 0.2) is 0 Å². The fraction of sp³-hybridized carbons (Fsp3) is 0.833. The summed E-state index contributed by atoms with van der Waals surface area (Å²) in [7, 11) is 1.66. The van der Waals surface area contributed by atoms with E-state index in [2.05, 4.69) is 0 Å². The standard InChI is InChI=1S/C12H24N2O4/c1-4-7-14(12(17)18-5-2)10-11(16)13(3)8-6-9-15/h15H,4-10H2,1-3H3. The Kier molecular flexibility index (Phi) is 9.00. The van der Waals surface area contributed by atoms with Crippen LogP contribution < -0.4 is 0 Å². The Labute approximate surface area is 109 Å². The Morgan fingerprint density at radius 2 is 1.89 bits per heavy atom. The molecule has 0 aliphatic carbocycles. The zero-order valence-corrected chi connectivity index (χ0v) is 11.5. The molecule has 0 fully saturated rings. The zero-order valence-electron chi connectivity index (χ0n) is 11.5. The van der Waals surface area contributed by atoms with Crippen LogP contribution in [0.1, 0.15) is 26.7 Å². The number of ether oxygens (including phenoxy) is 1. The number of rotatable bonds is 8. The average Bonchev–Trinajstić information content (AvgIpc) is 2.35. The summed E-state index contributed by atoms with van der Waals surface area (Å²) in [6, 6.07) is 0. The predicted molar refractivity (Wildman–Crippen MR) is 68.2 cm³/mol. The van der Waals surface area contributed by atoms with Crippen molar-refractivity contribution in [2.45, 2.75) is 26.7 Å². The number of aliphatic hydroxyl groups is 1. The molecular weight excluding hydrogens is 236 g/mol. The summed E-state index contributed by atoms with van der Waals surface area (Å²) in [4.78, 5) is 26.4. The van der Waals surface area contributed by atoms with Crippen molar-refractivity contribution in [3.63, 3.8) is 0 Å². The van der Waals surface area contributed by atoms with Crippen LogP contribution in [0.3, 0.4) is 0 Å². The van der Waals surface area contributed by atoms with Gasteiger partial charge in [-0.2, -0.15) is 0 Å². The van der Waals surface area contributed by atoms with Gasteiger partial charge in [-0.05, 0) is 19.8 Å². The molecule has 106 valence electrons. The van der Waals surface area contributed by atoms with Gasteiger partial charge in [0.2, 0.25) is 5.91 Å². The molecule has 1 N–H and O–H groups in total. The van der Waals surface area contributed by atoms with Crippen LogP contribution in [-0.2, 0) is 9.53 Å². The molecule has 0 spiro atoms. The van der Waals surface area contributed by atoms with E-state index in [0.717, 1.165) is 6.42 Å². The Hall–Kier alpha value is -1.30. The van der Waals surface area contributed by atoms with Crippen molar-refractivity contribution in [1.82, 2.24) is 9.80 Å². The van der Waals surface area contributed by atoms with Gasteiger partial charge in [0.05, 0.1) is 6.61 Å². The zero-order chi connectivity index (χ0) is 14.0. The Bertz CT molecular complexity index is 258. The molecule has 6 heteroatoms. The van der Waals surface area contributed by atoms with Crippen molar-refractivity contribution in [3.8, 4) is 0 Å². The summed E-state index contributed by atoms with van der Waals surface area (Å²) in [5.41, 5.74) is 0. The number of aliphatic hydroxyl groups excluding tert-OH is 1. The van der Waals surface area contributed by atoms with Gasteiger partial charge in [0, 0.05) is 26.7 Å². The van der Waals surface area contributed by atoms with Crippen molar-refractivity contribution >= 4 is 12.0 Å². The topological polar surface area (TPSA) is 70.1 Å². The summed E-state index contributed by atoms with van der Waals surface area (Å²) < 4.78 is 4.89. The molecule has 0 unspecified atom stereocenters. The number of hydrogen-bond acceptors (Lipinski definition) is 4. The summed E-state index contributed by atoms with van der Waals surface area (Å²) in [6.07, 6.45) is 0.852. The molecule has 0 atom stereocenters. The van der Waals surface area contributed by atoms with E-state index in [1.54, 1.807) is 14.0 Å². The van der Waals surface area contributed by atoms with Gasteiger partial charge in [-0.25, -0.2) is 4.79 Å². The molecule has 0 heterocycles. The number of likely N-dealkylation sites (N-methyl/N-ethyl adjacent to an activating group) is 1. The number of hydrogen-bond donors (Lipinski definition) is 1. The minimum atomic E-state index is -0.455. The van der Waals surface area contributed by atoms with Crippen LogP contribution in [-0.4, -0.2) is 66.8 Å². The lowest BCUT2D eigenvalue weighted by molar-refractivity contribution is -0.131. The molecule has 0 rings (SSSR count). The van der Waals surface area contributed by atoms with Crippen LogP contribution in [0.2, 0.25) is 0 Å². The smallest absolute Gasteiger partial charge is 0.410 e. The van der Waals surface area contributed by atoms with E-state index in [1.165, 1.54) is 9.80 Å². The maximum absolute atomic E-state index is 11.8. The van der Waals surface area contributed by atoms with Crippen LogP contribution in [0.15, 0.2) is 0 Å². The Balaban J connectivity index is 4.29. The first-order chi connectivity index (χ1) is 8.56. The third-order valence-corrected chi connectivity index (χ3v) is 2.42. The van der Waals surface area contributed by atoms with E-state index < -0.39 is 6.09 Å². The number of amides is 2. The molecule has 6 nitrogen and oxygen atoms in total. The molecule has 0 radical (unpaired) electrons. The first-order valence-corrected chi connectivity index (χ1v) is 6.33. The van der Waals surface area contributed by atoms with E-state index in [0.29, 0.717) is 26.1 Å². The van der Waals surface area contributed by atoms with E-state index in [4.69, 9.17) is 9.84 Å². The summed E-state index contributed by atoms with van der Waals surface area (Å²) in [6.45, 7) is 5.02. The highest BCUT2D eigenvalue weighted by atomic mass is 16.6. The lowest BCUT2D eigenvalue weighted by atomic mass is 10.3. The van der Waals surface area contributed by atoms with Gasteiger partial charge < -0.3 is 14.7 Å². The van der Waals surface area contributed by atoms with Gasteiger partial charge in [0.25, 0.3) is 0 Å². The SMILES string of the molecule is CCCN(CC(=O)N(C)CCCO)C(=O)OCC. The summed E-state index contributed by atoms with van der Waals surface area (Å²) in [5, 5.41) is 8.70. The van der Waals surface area contributed by atoms with Gasteiger partial charge in [0.1, 0.15) is 6.54 Å². The van der Waals surface area contributed by atoms with Crippen LogP contribution in [0, 0.1) is 0 Å². The van der Waals surface area contributed by atoms with E-state index in [9.17, 15) is 9.59 Å². The highest BCUT2D eigenvalue weighted by Crippen LogP contribution is 1.99. The van der Waals surface area contributed by atoms with Gasteiger partial charge in [-0.3, -0.25) is 9.69 Å². The highest BCUT2D eigenvalue weighted by molar-refractivity contribution is 5.82. The summed E-state index contributed by atoms with van der Waals surface area (Å²) >= 11 is 0. The molecular formula is C12H24N2O4. The molecule has 0 aromatic heterocycles. The van der Waals surface area contributed by atoms with E-state index in [-0.39, 0.29) is 19.1 Å². The lowest BCUT2D eigenvalue weighted by Crippen LogP contribution is -2.42. The van der Waals surface area contributed by atoms with Crippen molar-refractivity contribution in [3.05, 3.63) is 0 Å². The molecule has 2 amide bonds. The Morgan fingerprint density at radius 1 is 1.22 bits per heavy atom. The molecule has 0 aromatic carbocycles. The molecule has 18 heavy (non-hydrogen) atoms. The van der Waals surface area contributed by atoms with Gasteiger partial charge in [-0.15, -0.1) is 0 Å². The predicted octanol–water partition coefficient (Wildman–Crippen LogP) is 0.696. The quantitative estimate of drug-likeness (QED) is 0.697.